The summed E-state index contributed by atoms with van der Waals surface area (Å²) in [6, 6.07) is 2.29. The average molecular weight is 279 g/mol. The molecule has 1 saturated carbocycles. The summed E-state index contributed by atoms with van der Waals surface area (Å²) in [5, 5.41) is 8.23. The van der Waals surface area contributed by atoms with Crippen LogP contribution < -0.4 is 5.32 Å². The van der Waals surface area contributed by atoms with Crippen LogP contribution in [0.1, 0.15) is 58.4 Å². The standard InChI is InChI=1S/C17H29NS/c1-17(2,3)18-12-16-7-5-4-6-15(16)9-8-14-10-11-19-13-14/h10-11,13,15-16,18H,4-9,12H2,1-3H3. The van der Waals surface area contributed by atoms with Gasteiger partial charge in [-0.15, -0.1) is 0 Å². The van der Waals surface area contributed by atoms with E-state index in [-0.39, 0.29) is 5.54 Å². The molecule has 1 N–H and O–H groups in total. The van der Waals surface area contributed by atoms with Gasteiger partial charge in [-0.3, -0.25) is 0 Å². The smallest absolute Gasteiger partial charge is 0.00966 e. The van der Waals surface area contributed by atoms with Crippen LogP contribution in [-0.2, 0) is 6.42 Å². The topological polar surface area (TPSA) is 12.0 Å². The van der Waals surface area contributed by atoms with Crippen molar-refractivity contribution in [3.63, 3.8) is 0 Å². The first-order valence-electron chi connectivity index (χ1n) is 7.81. The molecule has 2 atom stereocenters. The lowest BCUT2D eigenvalue weighted by Gasteiger charge is -2.34. The molecular formula is C17H29NS. The van der Waals surface area contributed by atoms with Gasteiger partial charge < -0.3 is 5.32 Å². The van der Waals surface area contributed by atoms with Crippen LogP contribution in [0.15, 0.2) is 16.8 Å². The second-order valence-corrected chi connectivity index (χ2v) is 7.89. The number of rotatable bonds is 5. The lowest BCUT2D eigenvalue weighted by molar-refractivity contribution is 0.204. The molecule has 1 aromatic heterocycles. The molecule has 0 aliphatic heterocycles. The zero-order valence-electron chi connectivity index (χ0n) is 12.7. The summed E-state index contributed by atoms with van der Waals surface area (Å²) in [5.41, 5.74) is 1.80. The van der Waals surface area contributed by atoms with E-state index < -0.39 is 0 Å². The molecule has 108 valence electrons. The molecule has 1 nitrogen and oxygen atoms in total. The van der Waals surface area contributed by atoms with Crippen molar-refractivity contribution in [1.82, 2.24) is 5.32 Å². The third-order valence-electron chi connectivity index (χ3n) is 4.34. The predicted octanol–water partition coefficient (Wildman–Crippen LogP) is 4.88. The predicted molar refractivity (Wildman–Crippen MR) is 85.8 cm³/mol. The normalized spacial score (nSPS) is 24.6. The Balaban J connectivity index is 1.81. The average Bonchev–Trinajstić information content (AvgIpc) is 2.87. The lowest BCUT2D eigenvalue weighted by atomic mass is 9.76. The summed E-state index contributed by atoms with van der Waals surface area (Å²) in [6.07, 6.45) is 8.41. The third kappa shape index (κ3) is 5.27. The Morgan fingerprint density at radius 2 is 1.95 bits per heavy atom. The van der Waals surface area contributed by atoms with E-state index in [0.717, 1.165) is 11.8 Å². The SMILES string of the molecule is CC(C)(C)NCC1CCCCC1CCc1ccsc1. The van der Waals surface area contributed by atoms with Gasteiger partial charge in [-0.05, 0) is 80.8 Å². The highest BCUT2D eigenvalue weighted by Crippen LogP contribution is 2.33. The van der Waals surface area contributed by atoms with Gasteiger partial charge >= 0.3 is 0 Å². The number of aryl methyl sites for hydroxylation is 1. The van der Waals surface area contributed by atoms with Gasteiger partial charge in [0.05, 0.1) is 0 Å². The first-order chi connectivity index (χ1) is 9.04. The van der Waals surface area contributed by atoms with E-state index >= 15 is 0 Å². The Morgan fingerprint density at radius 1 is 1.21 bits per heavy atom. The quantitative estimate of drug-likeness (QED) is 0.810. The van der Waals surface area contributed by atoms with Crippen LogP contribution in [-0.4, -0.2) is 12.1 Å². The fourth-order valence-corrected chi connectivity index (χ4v) is 3.86. The zero-order valence-corrected chi connectivity index (χ0v) is 13.6. The van der Waals surface area contributed by atoms with Gasteiger partial charge in [-0.25, -0.2) is 0 Å². The van der Waals surface area contributed by atoms with Crippen LogP contribution in [0.3, 0.4) is 0 Å². The molecule has 2 heteroatoms. The van der Waals surface area contributed by atoms with Gasteiger partial charge in [0, 0.05) is 5.54 Å². The maximum absolute atomic E-state index is 3.72. The second kappa shape index (κ2) is 6.90. The van der Waals surface area contributed by atoms with Crippen molar-refractivity contribution in [2.75, 3.05) is 6.54 Å². The Labute approximate surface area is 122 Å². The summed E-state index contributed by atoms with van der Waals surface area (Å²) >= 11 is 1.83. The van der Waals surface area contributed by atoms with Crippen LogP contribution in [0.2, 0.25) is 0 Å². The van der Waals surface area contributed by atoms with Crippen molar-refractivity contribution < 1.29 is 0 Å². The minimum Gasteiger partial charge on any atom is -0.312 e. The summed E-state index contributed by atoms with van der Waals surface area (Å²) in [5.74, 6) is 1.83. The summed E-state index contributed by atoms with van der Waals surface area (Å²) in [4.78, 5) is 0. The molecule has 0 amide bonds. The van der Waals surface area contributed by atoms with Crippen molar-refractivity contribution in [1.29, 1.82) is 0 Å². The number of hydrogen-bond donors (Lipinski definition) is 1. The number of thiophene rings is 1. The summed E-state index contributed by atoms with van der Waals surface area (Å²) in [6.45, 7) is 8.03. The molecule has 1 fully saturated rings. The molecule has 2 unspecified atom stereocenters. The Hall–Kier alpha value is -0.340. The van der Waals surface area contributed by atoms with Crippen molar-refractivity contribution >= 4 is 11.3 Å². The minimum atomic E-state index is 0.259. The highest BCUT2D eigenvalue weighted by atomic mass is 32.1. The van der Waals surface area contributed by atoms with E-state index in [2.05, 4.69) is 42.9 Å². The molecule has 0 bridgehead atoms. The van der Waals surface area contributed by atoms with Crippen LogP contribution in [0.5, 0.6) is 0 Å². The van der Waals surface area contributed by atoms with Crippen LogP contribution in [0, 0.1) is 11.8 Å². The molecule has 2 rings (SSSR count). The largest absolute Gasteiger partial charge is 0.312 e. The zero-order chi connectivity index (χ0) is 13.7. The van der Waals surface area contributed by atoms with E-state index in [9.17, 15) is 0 Å². The first kappa shape index (κ1) is 15.1. The van der Waals surface area contributed by atoms with Gasteiger partial charge in [0.15, 0.2) is 0 Å². The fourth-order valence-electron chi connectivity index (χ4n) is 3.16. The second-order valence-electron chi connectivity index (χ2n) is 7.11. The molecule has 1 heterocycles. The molecule has 0 aromatic carbocycles. The maximum atomic E-state index is 3.72. The van der Waals surface area contributed by atoms with Gasteiger partial charge in [-0.2, -0.15) is 11.3 Å². The molecule has 19 heavy (non-hydrogen) atoms. The number of hydrogen-bond acceptors (Lipinski definition) is 2. The van der Waals surface area contributed by atoms with Gasteiger partial charge in [0.25, 0.3) is 0 Å². The molecule has 1 aliphatic carbocycles. The molecule has 0 saturated heterocycles. The van der Waals surface area contributed by atoms with Crippen molar-refractivity contribution in [3.8, 4) is 0 Å². The summed E-state index contributed by atoms with van der Waals surface area (Å²) in [7, 11) is 0. The molecule has 1 aliphatic rings. The van der Waals surface area contributed by atoms with Crippen molar-refractivity contribution in [2.24, 2.45) is 11.8 Å². The van der Waals surface area contributed by atoms with E-state index in [0.29, 0.717) is 0 Å². The molecule has 0 radical (unpaired) electrons. The summed E-state index contributed by atoms with van der Waals surface area (Å²) < 4.78 is 0. The van der Waals surface area contributed by atoms with Gasteiger partial charge in [0.2, 0.25) is 0 Å². The van der Waals surface area contributed by atoms with Crippen molar-refractivity contribution in [3.05, 3.63) is 22.4 Å². The molecule has 0 spiro atoms. The maximum Gasteiger partial charge on any atom is 0.00966 e. The highest BCUT2D eigenvalue weighted by Gasteiger charge is 2.25. The van der Waals surface area contributed by atoms with E-state index in [1.807, 2.05) is 11.3 Å². The van der Waals surface area contributed by atoms with Crippen LogP contribution in [0.25, 0.3) is 0 Å². The number of nitrogens with one attached hydrogen (secondary N) is 1. The first-order valence-corrected chi connectivity index (χ1v) is 8.75. The van der Waals surface area contributed by atoms with Crippen molar-refractivity contribution in [2.45, 2.75) is 64.8 Å². The minimum absolute atomic E-state index is 0.259. The highest BCUT2D eigenvalue weighted by molar-refractivity contribution is 7.07. The Kier molecular flexibility index (Phi) is 5.47. The van der Waals surface area contributed by atoms with E-state index in [1.54, 1.807) is 0 Å². The third-order valence-corrected chi connectivity index (χ3v) is 5.08. The van der Waals surface area contributed by atoms with E-state index in [4.69, 9.17) is 0 Å². The van der Waals surface area contributed by atoms with Crippen LogP contribution in [0.4, 0.5) is 0 Å². The molecule has 1 aromatic rings. The Morgan fingerprint density at radius 3 is 2.58 bits per heavy atom. The van der Waals surface area contributed by atoms with E-state index in [1.165, 1.54) is 50.6 Å². The Bertz CT molecular complexity index is 350. The monoisotopic (exact) mass is 279 g/mol. The van der Waals surface area contributed by atoms with Gasteiger partial charge in [-0.1, -0.05) is 19.3 Å². The molecular weight excluding hydrogens is 250 g/mol. The van der Waals surface area contributed by atoms with Gasteiger partial charge in [0.1, 0.15) is 0 Å². The lowest BCUT2D eigenvalue weighted by Crippen LogP contribution is -2.41. The fraction of sp³-hybridized carbons (Fsp3) is 0.765. The van der Waals surface area contributed by atoms with Crippen LogP contribution >= 0.6 is 11.3 Å².